The van der Waals surface area contributed by atoms with Crippen LogP contribution in [0.5, 0.6) is 11.5 Å². The van der Waals surface area contributed by atoms with E-state index in [2.05, 4.69) is 12.1 Å². The number of ether oxygens (including phenoxy) is 2. The van der Waals surface area contributed by atoms with Crippen molar-refractivity contribution in [3.8, 4) is 34.0 Å². The number of aromatic nitrogens is 2. The lowest BCUT2D eigenvalue weighted by Crippen LogP contribution is -2.06. The second-order valence-corrected chi connectivity index (χ2v) is 10.2. The van der Waals surface area contributed by atoms with Crippen LogP contribution in [0.2, 0.25) is 5.02 Å². The molecule has 6 nitrogen and oxygen atoms in total. The molecular formula is C34H31ClN2O4. The monoisotopic (exact) mass is 566 g/mol. The molecule has 0 aliphatic heterocycles. The largest absolute Gasteiger partial charge is 0.496 e. The smallest absolute Gasteiger partial charge is 0.303 e. The molecule has 0 radical (unpaired) electrons. The van der Waals surface area contributed by atoms with E-state index in [-0.39, 0.29) is 6.42 Å². The van der Waals surface area contributed by atoms with Crippen LogP contribution in [0.25, 0.3) is 22.5 Å². The maximum absolute atomic E-state index is 11.3. The SMILES string of the molecule is COc1ccccc1-c1cc(-c2cc(CCC(=O)O)ccc2OCc2cccc(Cl)c2)nn1CCc1ccccc1. The van der Waals surface area contributed by atoms with Gasteiger partial charge in [0.1, 0.15) is 18.1 Å². The number of methoxy groups -OCH3 is 1. The number of nitrogens with zero attached hydrogens (tertiary/aromatic N) is 2. The van der Waals surface area contributed by atoms with E-state index in [1.165, 1.54) is 5.56 Å². The zero-order chi connectivity index (χ0) is 28.6. The number of carboxylic acids is 1. The van der Waals surface area contributed by atoms with Crippen LogP contribution in [0.3, 0.4) is 0 Å². The van der Waals surface area contributed by atoms with Gasteiger partial charge in [-0.15, -0.1) is 0 Å². The highest BCUT2D eigenvalue weighted by Crippen LogP contribution is 2.37. The number of carboxylic acid groups (broad SMARTS) is 1. The summed E-state index contributed by atoms with van der Waals surface area (Å²) in [6.07, 6.45) is 1.26. The van der Waals surface area contributed by atoms with Crippen molar-refractivity contribution in [3.05, 3.63) is 125 Å². The summed E-state index contributed by atoms with van der Waals surface area (Å²) in [7, 11) is 1.66. The predicted molar refractivity (Wildman–Crippen MR) is 162 cm³/mol. The van der Waals surface area contributed by atoms with Crippen LogP contribution >= 0.6 is 11.6 Å². The van der Waals surface area contributed by atoms with E-state index in [9.17, 15) is 9.90 Å². The summed E-state index contributed by atoms with van der Waals surface area (Å²) in [5.41, 5.74) is 6.45. The van der Waals surface area contributed by atoms with E-state index in [4.69, 9.17) is 26.2 Å². The van der Waals surface area contributed by atoms with Crippen molar-refractivity contribution in [1.82, 2.24) is 9.78 Å². The van der Waals surface area contributed by atoms with Gasteiger partial charge < -0.3 is 14.6 Å². The third kappa shape index (κ3) is 7.16. The molecule has 1 N–H and O–H groups in total. The van der Waals surface area contributed by atoms with Gasteiger partial charge in [-0.1, -0.05) is 72.3 Å². The second-order valence-electron chi connectivity index (χ2n) is 9.72. The summed E-state index contributed by atoms with van der Waals surface area (Å²) in [5.74, 6) is 0.576. The van der Waals surface area contributed by atoms with E-state index in [0.717, 1.165) is 45.8 Å². The van der Waals surface area contributed by atoms with Gasteiger partial charge in [0.15, 0.2) is 0 Å². The fraction of sp³-hybridized carbons (Fsp3) is 0.176. The Kier molecular flexibility index (Phi) is 9.02. The Bertz CT molecular complexity index is 1630. The predicted octanol–water partition coefficient (Wildman–Crippen LogP) is 7.72. The van der Waals surface area contributed by atoms with E-state index >= 15 is 0 Å². The molecule has 0 unspecified atom stereocenters. The van der Waals surface area contributed by atoms with Crippen LogP contribution in [0, 0.1) is 0 Å². The van der Waals surface area contributed by atoms with E-state index in [1.54, 1.807) is 7.11 Å². The van der Waals surface area contributed by atoms with Crippen LogP contribution < -0.4 is 9.47 Å². The fourth-order valence-electron chi connectivity index (χ4n) is 4.77. The molecular weight excluding hydrogens is 536 g/mol. The minimum atomic E-state index is -0.837. The first-order chi connectivity index (χ1) is 20.0. The number of halogens is 1. The van der Waals surface area contributed by atoms with E-state index in [1.807, 2.05) is 95.7 Å². The minimum Gasteiger partial charge on any atom is -0.496 e. The van der Waals surface area contributed by atoms with Gasteiger partial charge in [0.2, 0.25) is 0 Å². The van der Waals surface area contributed by atoms with Gasteiger partial charge in [0, 0.05) is 29.1 Å². The molecule has 0 aliphatic rings. The Hall–Kier alpha value is -4.55. The average Bonchev–Trinajstić information content (AvgIpc) is 3.42. The fourth-order valence-corrected chi connectivity index (χ4v) is 4.98. The molecule has 0 saturated carbocycles. The van der Waals surface area contributed by atoms with Crippen LogP contribution in [0.15, 0.2) is 103 Å². The summed E-state index contributed by atoms with van der Waals surface area (Å²) >= 11 is 6.19. The van der Waals surface area contributed by atoms with Crippen LogP contribution in [0.1, 0.15) is 23.1 Å². The number of aliphatic carboxylic acids is 1. The zero-order valence-electron chi connectivity index (χ0n) is 22.8. The summed E-state index contributed by atoms with van der Waals surface area (Å²) in [5, 5.41) is 15.0. The number of rotatable bonds is 12. The van der Waals surface area contributed by atoms with Gasteiger partial charge in [-0.05, 0) is 72.0 Å². The van der Waals surface area contributed by atoms with E-state index < -0.39 is 5.97 Å². The lowest BCUT2D eigenvalue weighted by atomic mass is 10.0. The quantitative estimate of drug-likeness (QED) is 0.167. The van der Waals surface area contributed by atoms with Crippen molar-refractivity contribution >= 4 is 17.6 Å². The maximum Gasteiger partial charge on any atom is 0.303 e. The number of benzene rings is 4. The molecule has 4 aromatic carbocycles. The third-order valence-electron chi connectivity index (χ3n) is 6.85. The number of hydrogen-bond acceptors (Lipinski definition) is 4. The van der Waals surface area contributed by atoms with Crippen molar-refractivity contribution in [2.45, 2.75) is 32.4 Å². The molecule has 1 heterocycles. The summed E-state index contributed by atoms with van der Waals surface area (Å²) in [4.78, 5) is 11.3. The molecule has 41 heavy (non-hydrogen) atoms. The first kappa shape index (κ1) is 28.0. The van der Waals surface area contributed by atoms with Crippen LogP contribution in [-0.2, 0) is 30.8 Å². The van der Waals surface area contributed by atoms with Crippen LogP contribution in [-0.4, -0.2) is 28.0 Å². The lowest BCUT2D eigenvalue weighted by molar-refractivity contribution is -0.136. The third-order valence-corrected chi connectivity index (χ3v) is 7.08. The summed E-state index contributed by atoms with van der Waals surface area (Å²) < 4.78 is 14.0. The molecule has 0 amide bonds. The average molecular weight is 567 g/mol. The molecule has 0 fully saturated rings. The molecule has 0 spiro atoms. The standard InChI is InChI=1S/C34H31ClN2O4/c1-40-32-13-6-5-12-28(32)31-22-30(36-37(31)19-18-24-8-3-2-4-9-24)29-21-25(15-17-34(38)39)14-16-33(29)41-23-26-10-7-11-27(35)20-26/h2-14,16,20-22H,15,17-19,23H2,1H3,(H,38,39). The maximum atomic E-state index is 11.3. The Labute approximate surface area is 244 Å². The highest BCUT2D eigenvalue weighted by molar-refractivity contribution is 6.30. The van der Waals surface area contributed by atoms with E-state index in [0.29, 0.717) is 30.3 Å². The van der Waals surface area contributed by atoms with Crippen LogP contribution in [0.4, 0.5) is 0 Å². The van der Waals surface area contributed by atoms with Gasteiger partial charge in [0.05, 0.1) is 18.5 Å². The van der Waals surface area contributed by atoms with Gasteiger partial charge in [-0.2, -0.15) is 5.10 Å². The Morgan fingerprint density at radius 2 is 1.59 bits per heavy atom. The van der Waals surface area contributed by atoms with Gasteiger partial charge in [0.25, 0.3) is 0 Å². The molecule has 5 rings (SSSR count). The minimum absolute atomic E-state index is 0.0418. The number of carbonyl (C=O) groups is 1. The van der Waals surface area contributed by atoms with Crippen molar-refractivity contribution in [3.63, 3.8) is 0 Å². The highest BCUT2D eigenvalue weighted by Gasteiger charge is 2.18. The van der Waals surface area contributed by atoms with Crippen molar-refractivity contribution < 1.29 is 19.4 Å². The Balaban J connectivity index is 1.56. The lowest BCUT2D eigenvalue weighted by Gasteiger charge is -2.12. The molecule has 5 aromatic rings. The topological polar surface area (TPSA) is 73.6 Å². The highest BCUT2D eigenvalue weighted by atomic mass is 35.5. The molecule has 0 bridgehead atoms. The molecule has 0 saturated heterocycles. The molecule has 0 aliphatic carbocycles. The molecule has 7 heteroatoms. The Morgan fingerprint density at radius 1 is 0.805 bits per heavy atom. The Morgan fingerprint density at radius 3 is 2.37 bits per heavy atom. The number of hydrogen-bond donors (Lipinski definition) is 1. The van der Waals surface area contributed by atoms with Crippen molar-refractivity contribution in [2.24, 2.45) is 0 Å². The van der Waals surface area contributed by atoms with Gasteiger partial charge >= 0.3 is 5.97 Å². The second kappa shape index (κ2) is 13.2. The van der Waals surface area contributed by atoms with Gasteiger partial charge in [-0.25, -0.2) is 0 Å². The molecule has 1 aromatic heterocycles. The van der Waals surface area contributed by atoms with Crippen molar-refractivity contribution in [1.29, 1.82) is 0 Å². The molecule has 0 atom stereocenters. The summed E-state index contributed by atoms with van der Waals surface area (Å²) in [6, 6.07) is 33.6. The zero-order valence-corrected chi connectivity index (χ0v) is 23.6. The number of aryl methyl sites for hydroxylation is 3. The summed E-state index contributed by atoms with van der Waals surface area (Å²) in [6.45, 7) is 0.991. The normalized spacial score (nSPS) is 10.9. The first-order valence-corrected chi connectivity index (χ1v) is 13.9. The molecule has 208 valence electrons. The van der Waals surface area contributed by atoms with Crippen molar-refractivity contribution in [2.75, 3.05) is 7.11 Å². The first-order valence-electron chi connectivity index (χ1n) is 13.5. The van der Waals surface area contributed by atoms with Gasteiger partial charge in [-0.3, -0.25) is 9.48 Å². The number of para-hydroxylation sites is 1.